The molecule has 0 aliphatic rings. The van der Waals surface area contributed by atoms with Gasteiger partial charge in [0.15, 0.2) is 10.8 Å². The SMILES string of the molecule is COC(=O)c1nc(NC(=O)c2ccc3ccn(C)c3c2)sc1C. The number of ether oxygens (including phenoxy) is 1. The molecule has 6 nitrogen and oxygen atoms in total. The van der Waals surface area contributed by atoms with E-state index in [2.05, 4.69) is 15.0 Å². The number of hydrogen-bond acceptors (Lipinski definition) is 5. The van der Waals surface area contributed by atoms with Crippen molar-refractivity contribution in [3.05, 3.63) is 46.6 Å². The van der Waals surface area contributed by atoms with E-state index >= 15 is 0 Å². The maximum absolute atomic E-state index is 12.4. The lowest BCUT2D eigenvalue weighted by atomic mass is 10.1. The summed E-state index contributed by atoms with van der Waals surface area (Å²) >= 11 is 1.24. The van der Waals surface area contributed by atoms with Crippen LogP contribution < -0.4 is 5.32 Å². The van der Waals surface area contributed by atoms with E-state index in [0.717, 1.165) is 10.9 Å². The number of hydrogen-bond donors (Lipinski definition) is 1. The highest BCUT2D eigenvalue weighted by Crippen LogP contribution is 2.24. The number of thiazole rings is 1. The van der Waals surface area contributed by atoms with E-state index in [0.29, 0.717) is 15.6 Å². The lowest BCUT2D eigenvalue weighted by Gasteiger charge is -2.03. The normalized spacial score (nSPS) is 10.7. The van der Waals surface area contributed by atoms with E-state index in [1.807, 2.05) is 36.0 Å². The lowest BCUT2D eigenvalue weighted by Crippen LogP contribution is -2.12. The summed E-state index contributed by atoms with van der Waals surface area (Å²) in [5.41, 5.74) is 1.74. The molecule has 2 heterocycles. The molecule has 0 bridgehead atoms. The molecule has 7 heteroatoms. The van der Waals surface area contributed by atoms with Gasteiger partial charge in [0.05, 0.1) is 7.11 Å². The second-order valence-electron chi connectivity index (χ2n) is 5.07. The van der Waals surface area contributed by atoms with Crippen molar-refractivity contribution in [3.8, 4) is 0 Å². The van der Waals surface area contributed by atoms with Crippen LogP contribution in [0.4, 0.5) is 5.13 Å². The predicted octanol–water partition coefficient (Wildman–Crippen LogP) is 2.98. The van der Waals surface area contributed by atoms with Crippen LogP contribution in [0.25, 0.3) is 10.9 Å². The molecular formula is C16H15N3O3S. The number of carbonyl (C=O) groups excluding carboxylic acids is 2. The summed E-state index contributed by atoms with van der Waals surface area (Å²) in [6, 6.07) is 7.48. The average Bonchev–Trinajstić information content (AvgIpc) is 3.09. The minimum absolute atomic E-state index is 0.227. The molecule has 0 aliphatic carbocycles. The molecule has 0 saturated carbocycles. The Morgan fingerprint density at radius 2 is 2.09 bits per heavy atom. The second-order valence-corrected chi connectivity index (χ2v) is 6.27. The van der Waals surface area contributed by atoms with Gasteiger partial charge < -0.3 is 9.30 Å². The van der Waals surface area contributed by atoms with Gasteiger partial charge in [-0.15, -0.1) is 11.3 Å². The molecule has 0 atom stereocenters. The Kier molecular flexibility index (Phi) is 3.87. The zero-order valence-electron chi connectivity index (χ0n) is 12.9. The molecule has 0 unspecified atom stereocenters. The Morgan fingerprint density at radius 1 is 1.30 bits per heavy atom. The van der Waals surface area contributed by atoms with Crippen LogP contribution in [0.1, 0.15) is 25.7 Å². The van der Waals surface area contributed by atoms with Crippen molar-refractivity contribution < 1.29 is 14.3 Å². The van der Waals surface area contributed by atoms with Crippen LogP contribution in [0.15, 0.2) is 30.5 Å². The fourth-order valence-electron chi connectivity index (χ4n) is 2.31. The van der Waals surface area contributed by atoms with E-state index < -0.39 is 5.97 Å². The number of fused-ring (bicyclic) bond motifs is 1. The van der Waals surface area contributed by atoms with E-state index in [-0.39, 0.29) is 11.6 Å². The third-order valence-electron chi connectivity index (χ3n) is 3.55. The highest BCUT2D eigenvalue weighted by molar-refractivity contribution is 7.16. The fourth-order valence-corrected chi connectivity index (χ4v) is 3.11. The topological polar surface area (TPSA) is 73.2 Å². The Labute approximate surface area is 136 Å². The van der Waals surface area contributed by atoms with E-state index in [1.54, 1.807) is 13.0 Å². The lowest BCUT2D eigenvalue weighted by molar-refractivity contribution is 0.0594. The number of benzene rings is 1. The van der Waals surface area contributed by atoms with Crippen molar-refractivity contribution in [1.29, 1.82) is 0 Å². The van der Waals surface area contributed by atoms with Gasteiger partial charge in [-0.3, -0.25) is 10.1 Å². The van der Waals surface area contributed by atoms with Crippen LogP contribution in [0.5, 0.6) is 0 Å². The molecule has 23 heavy (non-hydrogen) atoms. The van der Waals surface area contributed by atoms with Gasteiger partial charge in [0.25, 0.3) is 5.91 Å². The number of aryl methyl sites for hydroxylation is 2. The molecule has 0 radical (unpaired) electrons. The van der Waals surface area contributed by atoms with Crippen molar-refractivity contribution >= 4 is 39.2 Å². The van der Waals surface area contributed by atoms with Crippen molar-refractivity contribution in [3.63, 3.8) is 0 Å². The highest BCUT2D eigenvalue weighted by atomic mass is 32.1. The molecule has 0 saturated heterocycles. The fraction of sp³-hybridized carbons (Fsp3) is 0.188. The minimum Gasteiger partial charge on any atom is -0.464 e. The van der Waals surface area contributed by atoms with Crippen molar-refractivity contribution in [2.24, 2.45) is 7.05 Å². The molecule has 3 aromatic rings. The third kappa shape index (κ3) is 2.83. The molecule has 1 aromatic carbocycles. The van der Waals surface area contributed by atoms with Crippen LogP contribution in [-0.4, -0.2) is 28.5 Å². The van der Waals surface area contributed by atoms with Gasteiger partial charge in [0.1, 0.15) is 0 Å². The first-order valence-corrected chi connectivity index (χ1v) is 7.73. The van der Waals surface area contributed by atoms with Gasteiger partial charge in [0, 0.05) is 29.2 Å². The van der Waals surface area contributed by atoms with Crippen LogP contribution in [-0.2, 0) is 11.8 Å². The summed E-state index contributed by atoms with van der Waals surface area (Å²) in [5, 5.41) is 4.17. The summed E-state index contributed by atoms with van der Waals surface area (Å²) in [6.45, 7) is 1.76. The minimum atomic E-state index is -0.510. The van der Waals surface area contributed by atoms with Gasteiger partial charge in [0.2, 0.25) is 0 Å². The standard InChI is InChI=1S/C16H15N3O3S/c1-9-13(15(21)22-3)17-16(23-9)18-14(20)11-5-4-10-6-7-19(2)12(10)8-11/h4-8H,1-3H3,(H,17,18,20). The number of esters is 1. The van der Waals surface area contributed by atoms with E-state index in [4.69, 9.17) is 0 Å². The summed E-state index contributed by atoms with van der Waals surface area (Å²) in [7, 11) is 3.23. The Morgan fingerprint density at radius 3 is 2.83 bits per heavy atom. The summed E-state index contributed by atoms with van der Waals surface area (Å²) in [5.74, 6) is -0.775. The van der Waals surface area contributed by atoms with Crippen molar-refractivity contribution in [2.45, 2.75) is 6.92 Å². The number of anilines is 1. The van der Waals surface area contributed by atoms with E-state index in [1.165, 1.54) is 18.4 Å². The zero-order chi connectivity index (χ0) is 16.6. The monoisotopic (exact) mass is 329 g/mol. The average molecular weight is 329 g/mol. The smallest absolute Gasteiger partial charge is 0.357 e. The quantitative estimate of drug-likeness (QED) is 0.750. The molecule has 0 aliphatic heterocycles. The Bertz CT molecular complexity index is 911. The summed E-state index contributed by atoms with van der Waals surface area (Å²) in [6.07, 6.45) is 1.94. The first kappa shape index (κ1) is 15.2. The number of methoxy groups -OCH3 is 1. The molecule has 0 spiro atoms. The van der Waals surface area contributed by atoms with Gasteiger partial charge in [-0.2, -0.15) is 0 Å². The first-order chi connectivity index (χ1) is 11.0. The summed E-state index contributed by atoms with van der Waals surface area (Å²) in [4.78, 5) is 28.8. The third-order valence-corrected chi connectivity index (χ3v) is 4.43. The van der Waals surface area contributed by atoms with Crippen molar-refractivity contribution in [2.75, 3.05) is 12.4 Å². The Balaban J connectivity index is 1.85. The molecule has 0 fully saturated rings. The number of nitrogens with one attached hydrogen (secondary N) is 1. The zero-order valence-corrected chi connectivity index (χ0v) is 13.7. The molecule has 118 valence electrons. The van der Waals surface area contributed by atoms with Crippen LogP contribution in [0, 0.1) is 6.92 Å². The number of rotatable bonds is 3. The number of carbonyl (C=O) groups is 2. The predicted molar refractivity (Wildman–Crippen MR) is 89.1 cm³/mol. The maximum atomic E-state index is 12.4. The number of nitrogens with zero attached hydrogens (tertiary/aromatic N) is 2. The number of aromatic nitrogens is 2. The molecule has 3 rings (SSSR count). The van der Waals surface area contributed by atoms with Crippen LogP contribution in [0.2, 0.25) is 0 Å². The highest BCUT2D eigenvalue weighted by Gasteiger charge is 2.17. The summed E-state index contributed by atoms with van der Waals surface area (Å²) < 4.78 is 6.62. The maximum Gasteiger partial charge on any atom is 0.357 e. The molecule has 1 N–H and O–H groups in total. The molecule has 1 amide bonds. The van der Waals surface area contributed by atoms with Crippen LogP contribution in [0.3, 0.4) is 0 Å². The van der Waals surface area contributed by atoms with Gasteiger partial charge in [-0.25, -0.2) is 9.78 Å². The van der Waals surface area contributed by atoms with Crippen molar-refractivity contribution in [1.82, 2.24) is 9.55 Å². The second kappa shape index (κ2) is 5.85. The largest absolute Gasteiger partial charge is 0.464 e. The van der Waals surface area contributed by atoms with E-state index in [9.17, 15) is 9.59 Å². The van der Waals surface area contributed by atoms with Crippen LogP contribution >= 0.6 is 11.3 Å². The van der Waals surface area contributed by atoms with Gasteiger partial charge >= 0.3 is 5.97 Å². The first-order valence-electron chi connectivity index (χ1n) is 6.92. The molecule has 2 aromatic heterocycles. The van der Waals surface area contributed by atoms with Gasteiger partial charge in [-0.05, 0) is 30.5 Å². The molecular weight excluding hydrogens is 314 g/mol. The Hall–Kier alpha value is -2.67. The number of amides is 1. The van der Waals surface area contributed by atoms with Gasteiger partial charge in [-0.1, -0.05) is 6.07 Å².